The molecule has 0 bridgehead atoms. The van der Waals surface area contributed by atoms with Crippen LogP contribution in [-0.2, 0) is 15.2 Å². The second-order valence-corrected chi connectivity index (χ2v) is 7.18. The van der Waals surface area contributed by atoms with E-state index in [0.717, 1.165) is 30.2 Å². The van der Waals surface area contributed by atoms with Crippen LogP contribution in [0.25, 0.3) is 0 Å². The van der Waals surface area contributed by atoms with Gasteiger partial charge in [0, 0.05) is 5.33 Å². The van der Waals surface area contributed by atoms with Crippen molar-refractivity contribution < 1.29 is 8.42 Å². The Kier molecular flexibility index (Phi) is 6.94. The van der Waals surface area contributed by atoms with Gasteiger partial charge in [-0.05, 0) is 24.1 Å². The molecular weight excluding hydrogens is 312 g/mol. The van der Waals surface area contributed by atoms with Crippen LogP contribution >= 0.6 is 15.9 Å². The van der Waals surface area contributed by atoms with Crippen LogP contribution in [0.3, 0.4) is 0 Å². The molecule has 0 aromatic heterocycles. The Hall–Kier alpha value is -0.350. The largest absolute Gasteiger partial charge is 0.224 e. The van der Waals surface area contributed by atoms with E-state index in [1.807, 2.05) is 12.1 Å². The second-order valence-electron chi connectivity index (χ2n) is 4.51. The molecule has 0 fully saturated rings. The molecule has 0 spiro atoms. The number of sulfone groups is 1. The van der Waals surface area contributed by atoms with E-state index in [1.54, 1.807) is 12.1 Å². The fourth-order valence-corrected chi connectivity index (χ4v) is 3.54. The van der Waals surface area contributed by atoms with Crippen LogP contribution in [0.5, 0.6) is 0 Å². The number of hydrogen-bond acceptors (Lipinski definition) is 2. The summed E-state index contributed by atoms with van der Waals surface area (Å²) in [7, 11) is -3.09. The molecule has 0 aliphatic heterocycles. The first-order valence-electron chi connectivity index (χ1n) is 6.48. The smallest absolute Gasteiger partial charge is 0.178 e. The number of benzene rings is 1. The summed E-state index contributed by atoms with van der Waals surface area (Å²) >= 11 is 3.35. The van der Waals surface area contributed by atoms with Crippen molar-refractivity contribution >= 4 is 25.8 Å². The molecule has 0 saturated carbocycles. The third-order valence-electron chi connectivity index (χ3n) is 2.95. The Balaban J connectivity index is 2.51. The van der Waals surface area contributed by atoms with Gasteiger partial charge in [-0.15, -0.1) is 0 Å². The fourth-order valence-electron chi connectivity index (χ4n) is 1.80. The van der Waals surface area contributed by atoms with Gasteiger partial charge in [0.25, 0.3) is 0 Å². The second kappa shape index (κ2) is 7.95. The highest BCUT2D eigenvalue weighted by Gasteiger charge is 2.13. The summed E-state index contributed by atoms with van der Waals surface area (Å²) in [5.41, 5.74) is 1.09. The molecule has 0 aliphatic rings. The van der Waals surface area contributed by atoms with Gasteiger partial charge in [0.05, 0.1) is 10.6 Å². The van der Waals surface area contributed by atoms with Crippen molar-refractivity contribution in [3.05, 3.63) is 29.8 Å². The maximum Gasteiger partial charge on any atom is 0.178 e. The van der Waals surface area contributed by atoms with Crippen LogP contribution in [0, 0.1) is 0 Å². The standard InChI is InChI=1S/C14H21BrO2S/c1-2-3-4-5-6-11-18(16,17)14-9-7-13(12-15)8-10-14/h7-10H,2-6,11-12H2,1H3. The number of alkyl halides is 1. The Labute approximate surface area is 119 Å². The van der Waals surface area contributed by atoms with E-state index in [2.05, 4.69) is 22.9 Å². The Morgan fingerprint density at radius 2 is 1.61 bits per heavy atom. The van der Waals surface area contributed by atoms with E-state index in [0.29, 0.717) is 4.90 Å². The topological polar surface area (TPSA) is 34.1 Å². The Morgan fingerprint density at radius 1 is 1.00 bits per heavy atom. The predicted molar refractivity (Wildman–Crippen MR) is 79.9 cm³/mol. The minimum Gasteiger partial charge on any atom is -0.224 e. The maximum atomic E-state index is 12.1. The van der Waals surface area contributed by atoms with Crippen molar-refractivity contribution in [1.82, 2.24) is 0 Å². The van der Waals surface area contributed by atoms with Gasteiger partial charge < -0.3 is 0 Å². The van der Waals surface area contributed by atoms with Crippen molar-refractivity contribution in [2.24, 2.45) is 0 Å². The lowest BCUT2D eigenvalue weighted by atomic mass is 10.2. The number of rotatable bonds is 8. The lowest BCUT2D eigenvalue weighted by molar-refractivity contribution is 0.587. The zero-order valence-corrected chi connectivity index (χ0v) is 13.3. The molecular formula is C14H21BrO2S. The van der Waals surface area contributed by atoms with E-state index < -0.39 is 9.84 Å². The minimum atomic E-state index is -3.09. The molecule has 0 amide bonds. The van der Waals surface area contributed by atoms with Gasteiger partial charge in [-0.1, -0.05) is 60.7 Å². The molecule has 0 saturated heterocycles. The maximum absolute atomic E-state index is 12.1. The van der Waals surface area contributed by atoms with Gasteiger partial charge in [0.15, 0.2) is 9.84 Å². The van der Waals surface area contributed by atoms with E-state index in [-0.39, 0.29) is 5.75 Å². The molecule has 0 atom stereocenters. The molecule has 102 valence electrons. The highest BCUT2D eigenvalue weighted by molar-refractivity contribution is 9.08. The first kappa shape index (κ1) is 15.7. The van der Waals surface area contributed by atoms with Gasteiger partial charge >= 0.3 is 0 Å². The molecule has 0 unspecified atom stereocenters. The van der Waals surface area contributed by atoms with Crippen molar-refractivity contribution in [1.29, 1.82) is 0 Å². The summed E-state index contributed by atoms with van der Waals surface area (Å²) in [6.07, 6.45) is 5.28. The van der Waals surface area contributed by atoms with Crippen LogP contribution in [0.4, 0.5) is 0 Å². The third-order valence-corrected chi connectivity index (χ3v) is 5.42. The van der Waals surface area contributed by atoms with E-state index in [4.69, 9.17) is 0 Å². The third kappa shape index (κ3) is 5.11. The molecule has 18 heavy (non-hydrogen) atoms. The Morgan fingerprint density at radius 3 is 2.17 bits per heavy atom. The van der Waals surface area contributed by atoms with Gasteiger partial charge in [-0.2, -0.15) is 0 Å². The summed E-state index contributed by atoms with van der Waals surface area (Å²) in [4.78, 5) is 0.447. The normalized spacial score (nSPS) is 11.7. The first-order chi connectivity index (χ1) is 8.60. The summed E-state index contributed by atoms with van der Waals surface area (Å²) < 4.78 is 24.1. The summed E-state index contributed by atoms with van der Waals surface area (Å²) in [6, 6.07) is 7.13. The van der Waals surface area contributed by atoms with E-state index in [1.165, 1.54) is 12.8 Å². The lowest BCUT2D eigenvalue weighted by Gasteiger charge is -2.05. The molecule has 0 N–H and O–H groups in total. The van der Waals surface area contributed by atoms with E-state index in [9.17, 15) is 8.42 Å². The van der Waals surface area contributed by atoms with Gasteiger partial charge in [0.1, 0.15) is 0 Å². The highest BCUT2D eigenvalue weighted by Crippen LogP contribution is 2.16. The summed E-state index contributed by atoms with van der Waals surface area (Å²) in [6.45, 7) is 2.15. The van der Waals surface area contributed by atoms with Crippen molar-refractivity contribution in [3.63, 3.8) is 0 Å². The highest BCUT2D eigenvalue weighted by atomic mass is 79.9. The summed E-state index contributed by atoms with van der Waals surface area (Å²) in [5, 5.41) is 0.754. The zero-order valence-electron chi connectivity index (χ0n) is 10.9. The lowest BCUT2D eigenvalue weighted by Crippen LogP contribution is -2.06. The molecule has 1 aromatic rings. The molecule has 0 heterocycles. The number of hydrogen-bond donors (Lipinski definition) is 0. The van der Waals surface area contributed by atoms with E-state index >= 15 is 0 Å². The molecule has 4 heteroatoms. The zero-order chi connectivity index (χ0) is 13.4. The van der Waals surface area contributed by atoms with Crippen molar-refractivity contribution in [3.8, 4) is 0 Å². The number of unbranched alkanes of at least 4 members (excludes halogenated alkanes) is 4. The van der Waals surface area contributed by atoms with Crippen LogP contribution in [-0.4, -0.2) is 14.2 Å². The molecule has 2 nitrogen and oxygen atoms in total. The van der Waals surface area contributed by atoms with Crippen LogP contribution in [0.2, 0.25) is 0 Å². The van der Waals surface area contributed by atoms with Crippen LogP contribution < -0.4 is 0 Å². The van der Waals surface area contributed by atoms with Crippen LogP contribution in [0.15, 0.2) is 29.2 Å². The van der Waals surface area contributed by atoms with Crippen LogP contribution in [0.1, 0.15) is 44.6 Å². The SMILES string of the molecule is CCCCCCCS(=O)(=O)c1ccc(CBr)cc1. The van der Waals surface area contributed by atoms with Gasteiger partial charge in [0.2, 0.25) is 0 Å². The predicted octanol–water partition coefficient (Wildman–Crippen LogP) is 4.33. The molecule has 0 radical (unpaired) electrons. The van der Waals surface area contributed by atoms with Gasteiger partial charge in [-0.3, -0.25) is 0 Å². The molecule has 0 aliphatic carbocycles. The monoisotopic (exact) mass is 332 g/mol. The first-order valence-corrected chi connectivity index (χ1v) is 9.25. The fraction of sp³-hybridized carbons (Fsp3) is 0.571. The summed E-state index contributed by atoms with van der Waals surface area (Å²) in [5.74, 6) is 0.268. The average Bonchev–Trinajstić information content (AvgIpc) is 2.38. The Bertz CT molecular complexity index is 437. The van der Waals surface area contributed by atoms with Crippen molar-refractivity contribution in [2.45, 2.75) is 49.3 Å². The average molecular weight is 333 g/mol. The molecule has 1 aromatic carbocycles. The number of halogens is 1. The molecule has 1 rings (SSSR count). The van der Waals surface area contributed by atoms with Gasteiger partial charge in [-0.25, -0.2) is 8.42 Å². The van der Waals surface area contributed by atoms with Crippen molar-refractivity contribution in [2.75, 3.05) is 5.75 Å². The minimum absolute atomic E-state index is 0.268. The quantitative estimate of drug-likeness (QED) is 0.524.